The summed E-state index contributed by atoms with van der Waals surface area (Å²) in [5.74, 6) is 2.54. The fraction of sp³-hybridized carbons (Fsp3) is 0.438. The highest BCUT2D eigenvalue weighted by atomic mass is 79.9. The number of halogens is 1. The molecular weight excluding hydrogens is 592 g/mol. The number of hydrogen-bond acceptors (Lipinski definition) is 6. The zero-order valence-electron chi connectivity index (χ0n) is 23.0. The smallest absolute Gasteiger partial charge is 0.339 e. The summed E-state index contributed by atoms with van der Waals surface area (Å²) in [6.07, 6.45) is 9.63. The number of fused-ring (bicyclic) bond motifs is 4. The van der Waals surface area contributed by atoms with Gasteiger partial charge in [0.1, 0.15) is 27.7 Å². The van der Waals surface area contributed by atoms with Crippen molar-refractivity contribution in [2.24, 2.45) is 5.92 Å². The minimum absolute atomic E-state index is 0.0553. The van der Waals surface area contributed by atoms with E-state index in [1.807, 2.05) is 24.3 Å². The van der Waals surface area contributed by atoms with Crippen molar-refractivity contribution in [3.05, 3.63) is 76.3 Å². The van der Waals surface area contributed by atoms with E-state index in [1.54, 1.807) is 32.4 Å². The number of hydrogen-bond donors (Lipinski definition) is 0. The quantitative estimate of drug-likeness (QED) is 0.259. The number of ether oxygens (including phenoxy) is 3. The first kappa shape index (κ1) is 27.5. The van der Waals surface area contributed by atoms with Crippen molar-refractivity contribution in [3.63, 3.8) is 0 Å². The Balaban J connectivity index is 1.54. The summed E-state index contributed by atoms with van der Waals surface area (Å²) >= 11 is 3.38. The second-order valence-corrected chi connectivity index (χ2v) is 13.7. The third kappa shape index (κ3) is 4.57. The summed E-state index contributed by atoms with van der Waals surface area (Å²) in [5, 5.41) is 0. The lowest BCUT2D eigenvalue weighted by molar-refractivity contribution is -0.0956. The molecule has 3 aliphatic rings. The highest BCUT2D eigenvalue weighted by molar-refractivity contribution is 9.10. The van der Waals surface area contributed by atoms with Gasteiger partial charge in [0.15, 0.2) is 5.75 Å². The molecule has 0 amide bonds. The number of methoxy groups -OCH3 is 2. The van der Waals surface area contributed by atoms with Gasteiger partial charge in [-0.25, -0.2) is 0 Å². The molecule has 1 aliphatic heterocycles. The molecule has 6 rings (SSSR count). The summed E-state index contributed by atoms with van der Waals surface area (Å²) < 4.78 is 52.1. The SMILES string of the molecule is COc1ccc2c(c1)O[C@]1(c3ccc(OC)cc3OS(=O)(=O)c3ccc(Br)cc3)CCCC[C@@H]1C21CCCCC1. The third-order valence-electron chi connectivity index (χ3n) is 9.23. The van der Waals surface area contributed by atoms with Crippen LogP contribution in [0.4, 0.5) is 0 Å². The second-order valence-electron chi connectivity index (χ2n) is 11.2. The normalized spacial score (nSPS) is 23.4. The van der Waals surface area contributed by atoms with Crippen molar-refractivity contribution >= 4 is 26.0 Å². The molecule has 1 spiro atoms. The summed E-state index contributed by atoms with van der Waals surface area (Å²) in [6, 6.07) is 18.2. The van der Waals surface area contributed by atoms with Crippen molar-refractivity contribution in [3.8, 4) is 23.0 Å². The van der Waals surface area contributed by atoms with E-state index >= 15 is 0 Å². The van der Waals surface area contributed by atoms with Gasteiger partial charge in [-0.3, -0.25) is 0 Å². The highest BCUT2D eigenvalue weighted by Gasteiger charge is 2.60. The van der Waals surface area contributed by atoms with Gasteiger partial charge in [-0.2, -0.15) is 8.42 Å². The Morgan fingerprint density at radius 1 is 0.800 bits per heavy atom. The van der Waals surface area contributed by atoms with Crippen LogP contribution in [0.25, 0.3) is 0 Å². The van der Waals surface area contributed by atoms with Crippen LogP contribution in [0.1, 0.15) is 68.9 Å². The average Bonchev–Trinajstić information content (AvgIpc) is 2.97. The van der Waals surface area contributed by atoms with E-state index in [2.05, 4.69) is 22.0 Å². The Morgan fingerprint density at radius 3 is 2.15 bits per heavy atom. The lowest BCUT2D eigenvalue weighted by Crippen LogP contribution is -2.57. The molecule has 0 aromatic heterocycles. The predicted octanol–water partition coefficient (Wildman–Crippen LogP) is 7.91. The molecule has 3 aromatic carbocycles. The minimum atomic E-state index is -4.11. The molecule has 8 heteroatoms. The molecule has 212 valence electrons. The largest absolute Gasteiger partial charge is 0.497 e. The van der Waals surface area contributed by atoms with Crippen LogP contribution in [-0.2, 0) is 21.1 Å². The number of rotatable bonds is 6. The Kier molecular flexibility index (Phi) is 7.28. The lowest BCUT2D eigenvalue weighted by Gasteiger charge is -2.58. The Morgan fingerprint density at radius 2 is 1.45 bits per heavy atom. The minimum Gasteiger partial charge on any atom is -0.497 e. The first-order valence-electron chi connectivity index (χ1n) is 14.1. The standard InChI is InChI=1S/C32H35BrO6S/c1-36-23-11-15-26-28(20-23)38-32(19-7-4-8-30(32)31(26)17-5-3-6-18-31)27-16-12-24(37-2)21-29(27)39-40(34,35)25-13-9-22(33)10-14-25/h9-16,20-21,30H,3-8,17-19H2,1-2H3/t30-,32+/m1/s1. The Hall–Kier alpha value is -2.71. The van der Waals surface area contributed by atoms with Crippen molar-refractivity contribution in [2.45, 2.75) is 73.7 Å². The summed E-state index contributed by atoms with van der Waals surface area (Å²) in [4.78, 5) is 0.0885. The molecule has 3 aromatic rings. The molecule has 0 bridgehead atoms. The van der Waals surface area contributed by atoms with Gasteiger partial charge in [-0.15, -0.1) is 0 Å². The molecule has 0 radical (unpaired) electrons. The average molecular weight is 628 g/mol. The maximum absolute atomic E-state index is 13.5. The maximum atomic E-state index is 13.5. The van der Waals surface area contributed by atoms with E-state index in [1.165, 1.54) is 37.0 Å². The molecule has 0 unspecified atom stereocenters. The van der Waals surface area contributed by atoms with Crippen LogP contribution in [0.3, 0.4) is 0 Å². The Labute approximate surface area is 245 Å². The van der Waals surface area contributed by atoms with Crippen LogP contribution in [0, 0.1) is 5.92 Å². The molecule has 2 aliphatic carbocycles. The van der Waals surface area contributed by atoms with Gasteiger partial charge in [0, 0.05) is 39.1 Å². The summed E-state index contributed by atoms with van der Waals surface area (Å²) in [7, 11) is -0.875. The van der Waals surface area contributed by atoms with Gasteiger partial charge >= 0.3 is 10.1 Å². The van der Waals surface area contributed by atoms with Gasteiger partial charge in [-0.1, -0.05) is 47.7 Å². The van der Waals surface area contributed by atoms with Gasteiger partial charge in [0.05, 0.1) is 14.2 Å². The van der Waals surface area contributed by atoms with E-state index < -0.39 is 15.7 Å². The molecule has 40 heavy (non-hydrogen) atoms. The maximum Gasteiger partial charge on any atom is 0.339 e. The lowest BCUT2D eigenvalue weighted by atomic mass is 9.51. The summed E-state index contributed by atoms with van der Waals surface area (Å²) in [5.41, 5.74) is 1.22. The van der Waals surface area contributed by atoms with E-state index in [0.29, 0.717) is 5.75 Å². The molecule has 1 heterocycles. The molecule has 0 N–H and O–H groups in total. The fourth-order valence-corrected chi connectivity index (χ4v) is 8.70. The molecule has 0 saturated heterocycles. The molecule has 2 fully saturated rings. The van der Waals surface area contributed by atoms with Crippen molar-refractivity contribution in [2.75, 3.05) is 14.2 Å². The van der Waals surface area contributed by atoms with E-state index in [0.717, 1.165) is 60.1 Å². The van der Waals surface area contributed by atoms with Crippen LogP contribution in [0.5, 0.6) is 23.0 Å². The predicted molar refractivity (Wildman–Crippen MR) is 157 cm³/mol. The van der Waals surface area contributed by atoms with Gasteiger partial charge < -0.3 is 18.4 Å². The van der Waals surface area contributed by atoms with Gasteiger partial charge in [0.25, 0.3) is 0 Å². The van der Waals surface area contributed by atoms with Crippen molar-refractivity contribution in [1.29, 1.82) is 0 Å². The van der Waals surface area contributed by atoms with E-state index in [9.17, 15) is 8.42 Å². The van der Waals surface area contributed by atoms with E-state index in [4.69, 9.17) is 18.4 Å². The van der Waals surface area contributed by atoms with Crippen LogP contribution in [0.2, 0.25) is 0 Å². The monoisotopic (exact) mass is 626 g/mol. The Bertz CT molecular complexity index is 1500. The molecular formula is C32H35BrO6S. The van der Waals surface area contributed by atoms with Crippen LogP contribution in [-0.4, -0.2) is 22.6 Å². The molecule has 6 nitrogen and oxygen atoms in total. The van der Waals surface area contributed by atoms with Crippen molar-refractivity contribution in [1.82, 2.24) is 0 Å². The first-order valence-corrected chi connectivity index (χ1v) is 16.3. The van der Waals surface area contributed by atoms with Crippen LogP contribution in [0.15, 0.2) is 70.0 Å². The first-order chi connectivity index (χ1) is 19.3. The van der Waals surface area contributed by atoms with Crippen LogP contribution < -0.4 is 18.4 Å². The van der Waals surface area contributed by atoms with Gasteiger partial charge in [-0.05, 0) is 74.6 Å². The van der Waals surface area contributed by atoms with Crippen molar-refractivity contribution < 1.29 is 26.8 Å². The fourth-order valence-electron chi connectivity index (χ4n) is 7.49. The highest BCUT2D eigenvalue weighted by Crippen LogP contribution is 2.64. The topological polar surface area (TPSA) is 71.1 Å². The molecule has 2 saturated carbocycles. The van der Waals surface area contributed by atoms with Crippen LogP contribution >= 0.6 is 15.9 Å². The third-order valence-corrected chi connectivity index (χ3v) is 11.0. The summed E-state index contributed by atoms with van der Waals surface area (Å²) in [6.45, 7) is 0. The van der Waals surface area contributed by atoms with E-state index in [-0.39, 0.29) is 22.0 Å². The van der Waals surface area contributed by atoms with Gasteiger partial charge in [0.2, 0.25) is 0 Å². The number of benzene rings is 3. The zero-order valence-corrected chi connectivity index (χ0v) is 25.4. The molecule has 2 atom stereocenters. The zero-order chi connectivity index (χ0) is 28.0. The second kappa shape index (κ2) is 10.6.